The summed E-state index contributed by atoms with van der Waals surface area (Å²) in [6.07, 6.45) is 0. The fourth-order valence-electron chi connectivity index (χ4n) is 0.748. The first-order valence-electron chi connectivity index (χ1n) is 3.50. The van der Waals surface area contributed by atoms with Crippen molar-refractivity contribution in [1.29, 1.82) is 0 Å². The first kappa shape index (κ1) is 9.31. The number of aliphatic hydroxyl groups excluding tert-OH is 1. The second-order valence-corrected chi connectivity index (χ2v) is 2.70. The second kappa shape index (κ2) is 4.97. The average molecular weight is 186 g/mol. The predicted octanol–water partition coefficient (Wildman–Crippen LogP) is 1.05. The summed E-state index contributed by atoms with van der Waals surface area (Å²) in [5.74, 6) is 0.656. The highest BCUT2D eigenvalue weighted by Crippen LogP contribution is 2.12. The van der Waals surface area contributed by atoms with E-state index in [-0.39, 0.29) is 6.61 Å². The van der Waals surface area contributed by atoms with Crippen LogP contribution >= 0.6 is 12.0 Å². The standard InChI is InChI=1S/C7H10N2O2S/c10-5-4-8-6-2-1-3-7(9-6)12-11/h1-3,10-11H,4-5H2,(H,8,9). The molecule has 1 rings (SSSR count). The molecule has 3 N–H and O–H groups in total. The van der Waals surface area contributed by atoms with Crippen molar-refractivity contribution in [3.8, 4) is 0 Å². The third kappa shape index (κ3) is 2.69. The lowest BCUT2D eigenvalue weighted by molar-refractivity contribution is 0.311. The van der Waals surface area contributed by atoms with Crippen LogP contribution in [0.1, 0.15) is 0 Å². The smallest absolute Gasteiger partial charge is 0.127 e. The molecule has 1 heterocycles. The van der Waals surface area contributed by atoms with Gasteiger partial charge in [0.05, 0.1) is 6.61 Å². The molecule has 0 atom stereocenters. The fraction of sp³-hybridized carbons (Fsp3) is 0.286. The van der Waals surface area contributed by atoms with Crippen molar-refractivity contribution in [3.63, 3.8) is 0 Å². The van der Waals surface area contributed by atoms with Gasteiger partial charge >= 0.3 is 0 Å². The Hall–Kier alpha value is -0.780. The number of aromatic nitrogens is 1. The molecule has 5 heteroatoms. The first-order chi connectivity index (χ1) is 5.86. The van der Waals surface area contributed by atoms with Crippen LogP contribution in [0.5, 0.6) is 0 Å². The van der Waals surface area contributed by atoms with Gasteiger partial charge in [0.25, 0.3) is 0 Å². The molecule has 66 valence electrons. The molecule has 0 unspecified atom stereocenters. The molecule has 0 aliphatic carbocycles. The van der Waals surface area contributed by atoms with Gasteiger partial charge in [-0.25, -0.2) is 4.98 Å². The van der Waals surface area contributed by atoms with Gasteiger partial charge in [-0.15, -0.1) is 0 Å². The quantitative estimate of drug-likeness (QED) is 0.613. The van der Waals surface area contributed by atoms with Crippen LogP contribution in [0.3, 0.4) is 0 Å². The maximum absolute atomic E-state index is 8.66. The average Bonchev–Trinajstić information content (AvgIpc) is 2.15. The summed E-state index contributed by atoms with van der Waals surface area (Å²) >= 11 is 0.603. The van der Waals surface area contributed by atoms with Gasteiger partial charge in [-0.05, 0) is 12.1 Å². The molecule has 12 heavy (non-hydrogen) atoms. The van der Waals surface area contributed by atoms with Crippen LogP contribution < -0.4 is 5.32 Å². The van der Waals surface area contributed by atoms with Crippen LogP contribution in [0.25, 0.3) is 0 Å². The van der Waals surface area contributed by atoms with Gasteiger partial charge in [-0.1, -0.05) is 6.07 Å². The van der Waals surface area contributed by atoms with E-state index in [1.54, 1.807) is 18.2 Å². The maximum Gasteiger partial charge on any atom is 0.127 e. The number of nitrogens with one attached hydrogen (secondary N) is 1. The molecule has 0 saturated heterocycles. The minimum Gasteiger partial charge on any atom is -0.395 e. The topological polar surface area (TPSA) is 65.4 Å². The Morgan fingerprint density at radius 2 is 2.33 bits per heavy atom. The molecule has 1 aromatic heterocycles. The maximum atomic E-state index is 8.66. The van der Waals surface area contributed by atoms with E-state index >= 15 is 0 Å². The zero-order chi connectivity index (χ0) is 8.81. The Balaban J connectivity index is 2.60. The molecule has 0 spiro atoms. The summed E-state index contributed by atoms with van der Waals surface area (Å²) in [6.45, 7) is 0.532. The lowest BCUT2D eigenvalue weighted by atomic mass is 10.4. The lowest BCUT2D eigenvalue weighted by Gasteiger charge is -2.02. The number of nitrogens with zero attached hydrogens (tertiary/aromatic N) is 1. The van der Waals surface area contributed by atoms with Crippen molar-refractivity contribution in [1.82, 2.24) is 4.98 Å². The van der Waals surface area contributed by atoms with Crippen LogP contribution in [0, 0.1) is 0 Å². The molecule has 4 nitrogen and oxygen atoms in total. The van der Waals surface area contributed by atoms with Gasteiger partial charge in [0.15, 0.2) is 0 Å². The number of aliphatic hydroxyl groups is 1. The van der Waals surface area contributed by atoms with Crippen LogP contribution in [0.2, 0.25) is 0 Å². The molecule has 0 radical (unpaired) electrons. The normalized spacial score (nSPS) is 9.83. The predicted molar refractivity (Wildman–Crippen MR) is 48.3 cm³/mol. The molecular formula is C7H10N2O2S. The van der Waals surface area contributed by atoms with Crippen LogP contribution in [0.15, 0.2) is 23.2 Å². The minimum absolute atomic E-state index is 0.0676. The van der Waals surface area contributed by atoms with Crippen molar-refractivity contribution < 1.29 is 9.66 Å². The van der Waals surface area contributed by atoms with E-state index in [1.807, 2.05) is 0 Å². The third-order valence-electron chi connectivity index (χ3n) is 1.23. The highest BCUT2D eigenvalue weighted by Gasteiger charge is 1.95. The van der Waals surface area contributed by atoms with Crippen molar-refractivity contribution in [3.05, 3.63) is 18.2 Å². The van der Waals surface area contributed by atoms with E-state index in [1.165, 1.54) is 0 Å². The summed E-state index contributed by atoms with van der Waals surface area (Å²) in [4.78, 5) is 4.02. The molecule has 0 saturated carbocycles. The van der Waals surface area contributed by atoms with Crippen molar-refractivity contribution in [2.75, 3.05) is 18.5 Å². The van der Waals surface area contributed by atoms with Crippen LogP contribution in [0.4, 0.5) is 5.82 Å². The lowest BCUT2D eigenvalue weighted by Crippen LogP contribution is -2.06. The largest absolute Gasteiger partial charge is 0.395 e. The van der Waals surface area contributed by atoms with Gasteiger partial charge in [0.1, 0.15) is 10.8 Å². The molecule has 0 fully saturated rings. The molecule has 0 aliphatic heterocycles. The zero-order valence-corrected chi connectivity index (χ0v) is 7.21. The van der Waals surface area contributed by atoms with Gasteiger partial charge in [0, 0.05) is 18.6 Å². The Bertz CT molecular complexity index is 245. The Kier molecular flexibility index (Phi) is 3.86. The number of pyridine rings is 1. The number of anilines is 1. The fourth-order valence-corrected chi connectivity index (χ4v) is 1.03. The highest BCUT2D eigenvalue weighted by molar-refractivity contribution is 7.93. The molecule has 0 bridgehead atoms. The molecular weight excluding hydrogens is 176 g/mol. The van der Waals surface area contributed by atoms with Gasteiger partial charge in [0.2, 0.25) is 0 Å². The monoisotopic (exact) mass is 186 g/mol. The van der Waals surface area contributed by atoms with E-state index in [0.717, 1.165) is 0 Å². The number of hydrogen-bond donors (Lipinski definition) is 3. The molecule has 0 aliphatic rings. The first-order valence-corrected chi connectivity index (χ1v) is 4.27. The Morgan fingerprint density at radius 1 is 1.50 bits per heavy atom. The number of rotatable bonds is 4. The van der Waals surface area contributed by atoms with E-state index in [9.17, 15) is 0 Å². The van der Waals surface area contributed by atoms with E-state index in [4.69, 9.17) is 9.66 Å². The van der Waals surface area contributed by atoms with Crippen molar-refractivity contribution >= 4 is 17.9 Å². The highest BCUT2D eigenvalue weighted by atomic mass is 32.2. The van der Waals surface area contributed by atoms with Gasteiger partial charge in [-0.2, -0.15) is 0 Å². The van der Waals surface area contributed by atoms with Crippen LogP contribution in [-0.2, 0) is 0 Å². The second-order valence-electron chi connectivity index (χ2n) is 2.10. The Labute approximate surface area is 74.9 Å². The summed E-state index contributed by atoms with van der Waals surface area (Å²) in [5.41, 5.74) is 0. The van der Waals surface area contributed by atoms with E-state index < -0.39 is 0 Å². The SMILES string of the molecule is OCCNc1cccc(SO)n1. The molecule has 0 aromatic carbocycles. The van der Waals surface area contributed by atoms with E-state index in [0.29, 0.717) is 29.4 Å². The molecule has 0 amide bonds. The summed E-state index contributed by atoms with van der Waals surface area (Å²) < 4.78 is 8.66. The zero-order valence-electron chi connectivity index (χ0n) is 6.40. The summed E-state index contributed by atoms with van der Waals surface area (Å²) in [7, 11) is 0. The van der Waals surface area contributed by atoms with Gasteiger partial charge in [-0.3, -0.25) is 0 Å². The minimum atomic E-state index is 0.0676. The third-order valence-corrected chi connectivity index (χ3v) is 1.65. The van der Waals surface area contributed by atoms with Crippen molar-refractivity contribution in [2.24, 2.45) is 0 Å². The van der Waals surface area contributed by atoms with E-state index in [2.05, 4.69) is 10.3 Å². The molecule has 1 aromatic rings. The summed E-state index contributed by atoms with van der Waals surface area (Å²) in [5, 5.41) is 11.9. The Morgan fingerprint density at radius 3 is 3.00 bits per heavy atom. The summed E-state index contributed by atoms with van der Waals surface area (Å²) in [6, 6.07) is 5.26. The van der Waals surface area contributed by atoms with Gasteiger partial charge < -0.3 is 15.0 Å². The van der Waals surface area contributed by atoms with Crippen molar-refractivity contribution in [2.45, 2.75) is 5.03 Å². The van der Waals surface area contributed by atoms with Crippen LogP contribution in [-0.4, -0.2) is 27.8 Å². The number of hydrogen-bond acceptors (Lipinski definition) is 5.